The molecule has 3 rings (SSSR count). The van der Waals surface area contributed by atoms with Crippen molar-refractivity contribution < 1.29 is 8.42 Å². The van der Waals surface area contributed by atoms with Crippen LogP contribution in [0.2, 0.25) is 0 Å². The van der Waals surface area contributed by atoms with Crippen LogP contribution in [-0.4, -0.2) is 32.3 Å². The van der Waals surface area contributed by atoms with Gasteiger partial charge in [0.25, 0.3) is 0 Å². The monoisotopic (exact) mass is 302 g/mol. The Balaban J connectivity index is 1.93. The average molecular weight is 302 g/mol. The van der Waals surface area contributed by atoms with E-state index in [4.69, 9.17) is 5.14 Å². The molecule has 1 aromatic carbocycles. The molecule has 2 heterocycles. The van der Waals surface area contributed by atoms with Crippen LogP contribution >= 0.6 is 0 Å². The third-order valence-electron chi connectivity index (χ3n) is 3.24. The van der Waals surface area contributed by atoms with Gasteiger partial charge in [0, 0.05) is 18.3 Å². The summed E-state index contributed by atoms with van der Waals surface area (Å²) in [5, 5.41) is 5.10. The van der Waals surface area contributed by atoms with Crippen molar-refractivity contribution in [2.45, 2.75) is 4.90 Å². The fourth-order valence-electron chi connectivity index (χ4n) is 2.25. The zero-order chi connectivity index (χ0) is 14.9. The molecule has 0 bridgehead atoms. The van der Waals surface area contributed by atoms with Crippen molar-refractivity contribution >= 4 is 21.5 Å². The summed E-state index contributed by atoms with van der Waals surface area (Å²) in [6, 6.07) is 10.3. The van der Waals surface area contributed by atoms with Gasteiger partial charge in [0.1, 0.15) is 5.84 Å². The minimum absolute atomic E-state index is 0.0952. The Morgan fingerprint density at radius 1 is 1.14 bits per heavy atom. The Morgan fingerprint density at radius 3 is 2.52 bits per heavy atom. The highest BCUT2D eigenvalue weighted by molar-refractivity contribution is 7.89. The van der Waals surface area contributed by atoms with E-state index in [1.54, 1.807) is 24.5 Å². The van der Waals surface area contributed by atoms with Crippen molar-refractivity contribution in [2.24, 2.45) is 10.1 Å². The average Bonchev–Trinajstić information content (AvgIpc) is 2.97. The second kappa shape index (κ2) is 5.27. The number of aromatic nitrogens is 1. The van der Waals surface area contributed by atoms with Crippen molar-refractivity contribution in [3.63, 3.8) is 0 Å². The van der Waals surface area contributed by atoms with Crippen LogP contribution in [0.4, 0.5) is 5.69 Å². The molecule has 21 heavy (non-hydrogen) atoms. The van der Waals surface area contributed by atoms with Gasteiger partial charge in [0.15, 0.2) is 0 Å². The van der Waals surface area contributed by atoms with Gasteiger partial charge in [0.05, 0.1) is 23.3 Å². The SMILES string of the molecule is NS(=O)(=O)c1ccc(C2=NCCN2c2cccnc2)cc1. The van der Waals surface area contributed by atoms with E-state index in [1.807, 2.05) is 12.1 Å². The van der Waals surface area contributed by atoms with Gasteiger partial charge in [-0.1, -0.05) is 0 Å². The third kappa shape index (κ3) is 2.79. The summed E-state index contributed by atoms with van der Waals surface area (Å²) >= 11 is 0. The van der Waals surface area contributed by atoms with E-state index in [0.29, 0.717) is 6.54 Å². The first-order valence-electron chi connectivity index (χ1n) is 6.41. The molecule has 0 saturated carbocycles. The van der Waals surface area contributed by atoms with Crippen LogP contribution in [0.15, 0.2) is 58.7 Å². The fourth-order valence-corrected chi connectivity index (χ4v) is 2.77. The maximum Gasteiger partial charge on any atom is 0.238 e. The molecule has 1 aliphatic heterocycles. The Morgan fingerprint density at radius 2 is 1.90 bits per heavy atom. The summed E-state index contributed by atoms with van der Waals surface area (Å²) in [5.74, 6) is 0.809. The van der Waals surface area contributed by atoms with Gasteiger partial charge in [-0.25, -0.2) is 13.6 Å². The van der Waals surface area contributed by atoms with Crippen molar-refractivity contribution in [3.8, 4) is 0 Å². The van der Waals surface area contributed by atoms with Crippen molar-refractivity contribution in [1.29, 1.82) is 0 Å². The summed E-state index contributed by atoms with van der Waals surface area (Å²) in [7, 11) is -3.67. The number of amidine groups is 1. The van der Waals surface area contributed by atoms with Crippen LogP contribution in [0.3, 0.4) is 0 Å². The predicted octanol–water partition coefficient (Wildman–Crippen LogP) is 0.996. The fraction of sp³-hybridized carbons (Fsp3) is 0.143. The maximum atomic E-state index is 11.3. The van der Waals surface area contributed by atoms with Crippen molar-refractivity contribution in [1.82, 2.24) is 4.98 Å². The second-order valence-electron chi connectivity index (χ2n) is 4.64. The topological polar surface area (TPSA) is 88.7 Å². The third-order valence-corrected chi connectivity index (χ3v) is 4.17. The lowest BCUT2D eigenvalue weighted by Gasteiger charge is -2.20. The number of hydrogen-bond donors (Lipinski definition) is 1. The number of aliphatic imine (C=N–C) groups is 1. The Hall–Kier alpha value is -2.25. The predicted molar refractivity (Wildman–Crippen MR) is 80.8 cm³/mol. The molecule has 0 fully saturated rings. The molecule has 7 heteroatoms. The Labute approximate surface area is 123 Å². The van der Waals surface area contributed by atoms with Crippen molar-refractivity contribution in [3.05, 3.63) is 54.4 Å². The normalized spacial score (nSPS) is 15.1. The quantitative estimate of drug-likeness (QED) is 0.916. The minimum Gasteiger partial charge on any atom is -0.323 e. The number of rotatable bonds is 3. The number of hydrogen-bond acceptors (Lipinski definition) is 5. The summed E-state index contributed by atoms with van der Waals surface area (Å²) < 4.78 is 22.6. The van der Waals surface area contributed by atoms with E-state index in [-0.39, 0.29) is 4.90 Å². The molecule has 2 aromatic rings. The van der Waals surface area contributed by atoms with Crippen LogP contribution in [-0.2, 0) is 10.0 Å². The van der Waals surface area contributed by atoms with Crippen LogP contribution in [0, 0.1) is 0 Å². The highest BCUT2D eigenvalue weighted by Crippen LogP contribution is 2.20. The minimum atomic E-state index is -3.67. The van der Waals surface area contributed by atoms with E-state index in [0.717, 1.165) is 23.6 Å². The van der Waals surface area contributed by atoms with Crippen LogP contribution in [0.5, 0.6) is 0 Å². The molecule has 1 aliphatic rings. The lowest BCUT2D eigenvalue weighted by molar-refractivity contribution is 0.598. The van der Waals surface area contributed by atoms with Crippen LogP contribution < -0.4 is 10.0 Å². The first-order chi connectivity index (χ1) is 10.1. The molecular formula is C14H14N4O2S. The molecular weight excluding hydrogens is 288 g/mol. The molecule has 0 atom stereocenters. The standard InChI is InChI=1S/C14H14N4O2S/c15-21(19,20)13-5-3-11(4-6-13)14-17-8-9-18(14)12-2-1-7-16-10-12/h1-7,10H,8-9H2,(H2,15,19,20). The summed E-state index contributed by atoms with van der Waals surface area (Å²) in [6.45, 7) is 1.47. The highest BCUT2D eigenvalue weighted by Gasteiger charge is 2.20. The molecule has 0 unspecified atom stereocenters. The van der Waals surface area contributed by atoms with Gasteiger partial charge in [-0.2, -0.15) is 0 Å². The maximum absolute atomic E-state index is 11.3. The van der Waals surface area contributed by atoms with E-state index in [2.05, 4.69) is 14.9 Å². The van der Waals surface area contributed by atoms with E-state index in [1.165, 1.54) is 12.1 Å². The van der Waals surface area contributed by atoms with Gasteiger partial charge in [-0.05, 0) is 36.4 Å². The van der Waals surface area contributed by atoms with Gasteiger partial charge in [-0.3, -0.25) is 9.98 Å². The van der Waals surface area contributed by atoms with Gasteiger partial charge in [0.2, 0.25) is 10.0 Å². The second-order valence-corrected chi connectivity index (χ2v) is 6.20. The molecule has 0 spiro atoms. The Kier molecular flexibility index (Phi) is 3.44. The van der Waals surface area contributed by atoms with E-state index >= 15 is 0 Å². The lowest BCUT2D eigenvalue weighted by Crippen LogP contribution is -2.28. The number of anilines is 1. The lowest BCUT2D eigenvalue weighted by atomic mass is 10.2. The number of pyridine rings is 1. The number of nitrogens with two attached hydrogens (primary N) is 1. The van der Waals surface area contributed by atoms with E-state index in [9.17, 15) is 8.42 Å². The summed E-state index contributed by atoms with van der Waals surface area (Å²) in [4.78, 5) is 10.8. The highest BCUT2D eigenvalue weighted by atomic mass is 32.2. The van der Waals surface area contributed by atoms with Gasteiger partial charge >= 0.3 is 0 Å². The van der Waals surface area contributed by atoms with Gasteiger partial charge < -0.3 is 4.90 Å². The van der Waals surface area contributed by atoms with Crippen LogP contribution in [0.25, 0.3) is 0 Å². The first kappa shape index (κ1) is 13.7. The molecule has 0 radical (unpaired) electrons. The smallest absolute Gasteiger partial charge is 0.238 e. The largest absolute Gasteiger partial charge is 0.323 e. The molecule has 0 saturated heterocycles. The zero-order valence-electron chi connectivity index (χ0n) is 11.2. The Bertz CT molecular complexity index is 770. The molecule has 0 aliphatic carbocycles. The zero-order valence-corrected chi connectivity index (χ0v) is 12.0. The molecule has 108 valence electrons. The van der Waals surface area contributed by atoms with Crippen LogP contribution in [0.1, 0.15) is 5.56 Å². The molecule has 0 amide bonds. The number of sulfonamides is 1. The molecule has 6 nitrogen and oxygen atoms in total. The first-order valence-corrected chi connectivity index (χ1v) is 7.95. The number of nitrogens with zero attached hydrogens (tertiary/aromatic N) is 3. The van der Waals surface area contributed by atoms with E-state index < -0.39 is 10.0 Å². The summed E-state index contributed by atoms with van der Waals surface area (Å²) in [5.41, 5.74) is 1.81. The summed E-state index contributed by atoms with van der Waals surface area (Å²) in [6.07, 6.45) is 3.50. The van der Waals surface area contributed by atoms with Crippen molar-refractivity contribution in [2.75, 3.05) is 18.0 Å². The molecule has 1 aromatic heterocycles. The van der Waals surface area contributed by atoms with Gasteiger partial charge in [-0.15, -0.1) is 0 Å². The molecule has 2 N–H and O–H groups in total. The number of benzene rings is 1. The number of primary sulfonamides is 1.